The Morgan fingerprint density at radius 2 is 1.93 bits per heavy atom. The van der Waals surface area contributed by atoms with E-state index in [-0.39, 0.29) is 36.3 Å². The molecule has 9 nitrogen and oxygen atoms in total. The molecule has 0 spiro atoms. The fraction of sp³-hybridized carbons (Fsp3) is 0.500. The fourth-order valence-corrected chi connectivity index (χ4v) is 3.02. The zero-order chi connectivity index (χ0) is 21.6. The largest absolute Gasteiger partial charge is 0.491 e. The highest BCUT2D eigenvalue weighted by molar-refractivity contribution is 6.00. The number of nitrogens with one attached hydrogen (secondary N) is 2. The van der Waals surface area contributed by atoms with Gasteiger partial charge in [-0.15, -0.1) is 0 Å². The van der Waals surface area contributed by atoms with E-state index in [1.807, 2.05) is 13.8 Å². The number of aliphatic carboxylic acids is 1. The standard InChI is InChI=1S/C20H27N3O6/c1-12(2)10-14-19(26)23(3)8-9-29-16-7-5-4-6-13(16)18(25)22-15(20(27)28)11-17(24)21-14/h4-7,12,14-15H,8-11H2,1-3H3,(H,21,24)(H,22,25)(H,27,28)/t14-,15-/m0/s1. The number of benzene rings is 1. The Morgan fingerprint density at radius 3 is 2.59 bits per heavy atom. The second-order valence-corrected chi connectivity index (χ2v) is 7.42. The first kappa shape index (κ1) is 22.2. The summed E-state index contributed by atoms with van der Waals surface area (Å²) in [6.07, 6.45) is -0.0849. The Balaban J connectivity index is 2.34. The zero-order valence-corrected chi connectivity index (χ0v) is 16.8. The van der Waals surface area contributed by atoms with Crippen molar-refractivity contribution in [2.24, 2.45) is 5.92 Å². The Morgan fingerprint density at radius 1 is 1.24 bits per heavy atom. The first-order valence-electron chi connectivity index (χ1n) is 9.49. The molecule has 0 radical (unpaired) electrons. The predicted molar refractivity (Wildman–Crippen MR) is 104 cm³/mol. The molecule has 9 heteroatoms. The minimum Gasteiger partial charge on any atom is -0.491 e. The maximum atomic E-state index is 12.8. The van der Waals surface area contributed by atoms with Crippen LogP contribution in [0, 0.1) is 5.92 Å². The van der Waals surface area contributed by atoms with Crippen LogP contribution in [0.15, 0.2) is 24.3 Å². The SMILES string of the molecule is CC(C)C[C@@H]1NC(=O)C[C@@H](C(=O)O)NC(=O)c2ccccc2OCCN(C)C1=O. The van der Waals surface area contributed by atoms with Gasteiger partial charge in [0.1, 0.15) is 24.4 Å². The topological polar surface area (TPSA) is 125 Å². The average Bonchev–Trinajstić information content (AvgIpc) is 2.65. The Bertz CT molecular complexity index is 779. The Hall–Kier alpha value is -3.10. The van der Waals surface area contributed by atoms with Crippen molar-refractivity contribution in [1.82, 2.24) is 15.5 Å². The van der Waals surface area contributed by atoms with Crippen molar-refractivity contribution < 1.29 is 29.0 Å². The van der Waals surface area contributed by atoms with Gasteiger partial charge >= 0.3 is 5.97 Å². The molecule has 0 unspecified atom stereocenters. The molecule has 0 bridgehead atoms. The van der Waals surface area contributed by atoms with Crippen LogP contribution in [0.25, 0.3) is 0 Å². The molecule has 1 aromatic carbocycles. The summed E-state index contributed by atoms with van der Waals surface area (Å²) in [6, 6.07) is 4.18. The lowest BCUT2D eigenvalue weighted by Gasteiger charge is -2.27. The van der Waals surface area contributed by atoms with E-state index in [1.54, 1.807) is 25.2 Å². The molecule has 1 aliphatic rings. The van der Waals surface area contributed by atoms with E-state index in [9.17, 15) is 24.3 Å². The van der Waals surface area contributed by atoms with Gasteiger partial charge in [0.05, 0.1) is 18.5 Å². The maximum absolute atomic E-state index is 12.8. The summed E-state index contributed by atoms with van der Waals surface area (Å²) < 4.78 is 5.67. The van der Waals surface area contributed by atoms with Crippen LogP contribution >= 0.6 is 0 Å². The van der Waals surface area contributed by atoms with Crippen molar-refractivity contribution in [1.29, 1.82) is 0 Å². The number of likely N-dealkylation sites (N-methyl/N-ethyl adjacent to an activating group) is 1. The van der Waals surface area contributed by atoms with Crippen molar-refractivity contribution in [3.8, 4) is 5.75 Å². The molecule has 2 atom stereocenters. The van der Waals surface area contributed by atoms with Crippen LogP contribution < -0.4 is 15.4 Å². The number of fused-ring (bicyclic) bond motifs is 1. The van der Waals surface area contributed by atoms with Crippen molar-refractivity contribution in [3.05, 3.63) is 29.8 Å². The minimum absolute atomic E-state index is 0.134. The molecule has 158 valence electrons. The van der Waals surface area contributed by atoms with Gasteiger partial charge in [-0.3, -0.25) is 14.4 Å². The summed E-state index contributed by atoms with van der Waals surface area (Å²) in [5.41, 5.74) is 0.155. The normalized spacial score (nSPS) is 21.5. The van der Waals surface area contributed by atoms with Gasteiger partial charge in [0, 0.05) is 7.05 Å². The number of rotatable bonds is 3. The highest BCUT2D eigenvalue weighted by Crippen LogP contribution is 2.18. The lowest BCUT2D eigenvalue weighted by molar-refractivity contribution is -0.141. The van der Waals surface area contributed by atoms with Crippen molar-refractivity contribution >= 4 is 23.7 Å². The van der Waals surface area contributed by atoms with Crippen LogP contribution in [-0.4, -0.2) is 66.0 Å². The summed E-state index contributed by atoms with van der Waals surface area (Å²) in [6.45, 7) is 4.24. The van der Waals surface area contributed by atoms with Crippen LogP contribution in [-0.2, 0) is 14.4 Å². The van der Waals surface area contributed by atoms with E-state index < -0.39 is 36.3 Å². The molecule has 0 saturated heterocycles. The van der Waals surface area contributed by atoms with E-state index in [0.29, 0.717) is 6.42 Å². The molecule has 0 saturated carbocycles. The van der Waals surface area contributed by atoms with Crippen LogP contribution in [0.4, 0.5) is 0 Å². The number of carbonyl (C=O) groups excluding carboxylic acids is 3. The first-order valence-corrected chi connectivity index (χ1v) is 9.49. The lowest BCUT2D eigenvalue weighted by atomic mass is 10.0. The van der Waals surface area contributed by atoms with Crippen LogP contribution in [0.5, 0.6) is 5.75 Å². The van der Waals surface area contributed by atoms with Crippen LogP contribution in [0.1, 0.15) is 37.0 Å². The number of carboxylic acid groups (broad SMARTS) is 1. The van der Waals surface area contributed by atoms with E-state index in [4.69, 9.17) is 4.74 Å². The highest BCUT2D eigenvalue weighted by atomic mass is 16.5. The highest BCUT2D eigenvalue weighted by Gasteiger charge is 2.29. The molecule has 0 aliphatic carbocycles. The van der Waals surface area contributed by atoms with Gasteiger partial charge in [-0.25, -0.2) is 4.79 Å². The fourth-order valence-electron chi connectivity index (χ4n) is 3.02. The number of carbonyl (C=O) groups is 4. The summed E-state index contributed by atoms with van der Waals surface area (Å²) >= 11 is 0. The average molecular weight is 405 g/mol. The van der Waals surface area contributed by atoms with Gasteiger partial charge in [-0.1, -0.05) is 26.0 Å². The smallest absolute Gasteiger partial charge is 0.326 e. The first-order chi connectivity index (χ1) is 13.7. The van der Waals surface area contributed by atoms with E-state index in [1.165, 1.54) is 11.0 Å². The molecule has 0 fully saturated rings. The van der Waals surface area contributed by atoms with E-state index in [0.717, 1.165) is 0 Å². The van der Waals surface area contributed by atoms with Gasteiger partial charge in [-0.05, 0) is 24.5 Å². The van der Waals surface area contributed by atoms with Crippen LogP contribution in [0.2, 0.25) is 0 Å². The summed E-state index contributed by atoms with van der Waals surface area (Å²) in [5.74, 6) is -2.49. The zero-order valence-electron chi connectivity index (χ0n) is 16.8. The number of nitrogens with zero attached hydrogens (tertiary/aromatic N) is 1. The molecule has 29 heavy (non-hydrogen) atoms. The van der Waals surface area contributed by atoms with Gasteiger partial charge in [0.25, 0.3) is 5.91 Å². The number of carboxylic acids is 1. The molecule has 1 aromatic rings. The summed E-state index contributed by atoms with van der Waals surface area (Å²) in [7, 11) is 1.61. The van der Waals surface area contributed by atoms with Gasteiger partial charge in [0.15, 0.2) is 0 Å². The number of hydrogen-bond donors (Lipinski definition) is 3. The second kappa shape index (κ2) is 9.90. The number of ether oxygens (including phenoxy) is 1. The molecule has 3 amide bonds. The third kappa shape index (κ3) is 6.20. The van der Waals surface area contributed by atoms with Crippen LogP contribution in [0.3, 0.4) is 0 Å². The number of amides is 3. The summed E-state index contributed by atoms with van der Waals surface area (Å²) in [5, 5.41) is 14.4. The van der Waals surface area contributed by atoms with Crippen molar-refractivity contribution in [3.63, 3.8) is 0 Å². The molecule has 2 rings (SSSR count). The molecule has 0 aromatic heterocycles. The van der Waals surface area contributed by atoms with E-state index in [2.05, 4.69) is 10.6 Å². The molecular formula is C20H27N3O6. The molecule has 1 aliphatic heterocycles. The van der Waals surface area contributed by atoms with Crippen molar-refractivity contribution in [2.45, 2.75) is 38.8 Å². The minimum atomic E-state index is -1.44. The number of para-hydroxylation sites is 1. The third-order valence-corrected chi connectivity index (χ3v) is 4.53. The van der Waals surface area contributed by atoms with Gasteiger partial charge in [0.2, 0.25) is 11.8 Å². The lowest BCUT2D eigenvalue weighted by Crippen LogP contribution is -2.51. The second-order valence-electron chi connectivity index (χ2n) is 7.42. The quantitative estimate of drug-likeness (QED) is 0.678. The molecule has 3 N–H and O–H groups in total. The predicted octanol–water partition coefficient (Wildman–Crippen LogP) is 0.641. The van der Waals surface area contributed by atoms with Gasteiger partial charge < -0.3 is 25.4 Å². The Labute approximate surface area is 169 Å². The molecule has 1 heterocycles. The monoisotopic (exact) mass is 405 g/mol. The van der Waals surface area contributed by atoms with Crippen molar-refractivity contribution in [2.75, 3.05) is 20.2 Å². The summed E-state index contributed by atoms with van der Waals surface area (Å²) in [4.78, 5) is 50.8. The van der Waals surface area contributed by atoms with Gasteiger partial charge in [-0.2, -0.15) is 0 Å². The number of hydrogen-bond acceptors (Lipinski definition) is 5. The molecular weight excluding hydrogens is 378 g/mol. The Kier molecular flexibility index (Phi) is 7.58. The van der Waals surface area contributed by atoms with E-state index >= 15 is 0 Å². The maximum Gasteiger partial charge on any atom is 0.326 e. The third-order valence-electron chi connectivity index (χ3n) is 4.53.